The molecule has 1 aromatic rings. The molecule has 2 rings (SSSR count). The van der Waals surface area contributed by atoms with Crippen LogP contribution in [0, 0.1) is 0 Å². The maximum atomic E-state index is 12.9. The summed E-state index contributed by atoms with van der Waals surface area (Å²) >= 11 is 5.24. The first kappa shape index (κ1) is 21.9. The molecule has 0 unspecified atom stereocenters. The topological polar surface area (TPSA) is 45.1 Å². The van der Waals surface area contributed by atoms with Gasteiger partial charge in [-0.3, -0.25) is 4.68 Å². The first-order valence-corrected chi connectivity index (χ1v) is 10.1. The molecule has 0 aromatic carbocycles. The van der Waals surface area contributed by atoms with Gasteiger partial charge in [-0.1, -0.05) is 13.8 Å². The third-order valence-corrected chi connectivity index (χ3v) is 5.05. The van der Waals surface area contributed by atoms with E-state index in [1.54, 1.807) is 0 Å². The zero-order valence-corrected chi connectivity index (χ0v) is 16.9. The second-order valence-corrected chi connectivity index (χ2v) is 7.27. The van der Waals surface area contributed by atoms with Gasteiger partial charge in [-0.2, -0.15) is 18.3 Å². The molecule has 0 bridgehead atoms. The summed E-state index contributed by atoms with van der Waals surface area (Å²) in [6.07, 6.45) is -0.809. The molecule has 27 heavy (non-hydrogen) atoms. The van der Waals surface area contributed by atoms with Crippen LogP contribution in [0.5, 0.6) is 0 Å². The fourth-order valence-electron chi connectivity index (χ4n) is 2.99. The Labute approximate surface area is 164 Å². The van der Waals surface area contributed by atoms with Gasteiger partial charge in [-0.05, 0) is 63.6 Å². The van der Waals surface area contributed by atoms with Crippen LogP contribution in [0.4, 0.5) is 13.2 Å². The highest BCUT2D eigenvalue weighted by molar-refractivity contribution is 7.80. The summed E-state index contributed by atoms with van der Waals surface area (Å²) in [5, 5.41) is 10.6. The maximum Gasteiger partial charge on any atom is 0.435 e. The lowest BCUT2D eigenvalue weighted by atomic mass is 10.2. The molecule has 2 N–H and O–H groups in total. The highest BCUT2D eigenvalue weighted by Crippen LogP contribution is 2.42. The minimum atomic E-state index is -4.39. The molecule has 5 nitrogen and oxygen atoms in total. The molecule has 0 aliphatic heterocycles. The third-order valence-electron chi connectivity index (χ3n) is 4.76. The number of aryl methyl sites for hydroxylation is 1. The first-order chi connectivity index (χ1) is 12.8. The molecule has 9 heteroatoms. The summed E-state index contributed by atoms with van der Waals surface area (Å²) in [5.74, 6) is 0.232. The molecule has 1 fully saturated rings. The Morgan fingerprint density at radius 2 is 1.85 bits per heavy atom. The summed E-state index contributed by atoms with van der Waals surface area (Å²) in [5.41, 5.74) is -0.0813. The van der Waals surface area contributed by atoms with Crippen molar-refractivity contribution in [3.05, 3.63) is 17.5 Å². The molecule has 0 atom stereocenters. The molecule has 0 amide bonds. The normalized spacial score (nSPS) is 14.6. The monoisotopic (exact) mass is 405 g/mol. The van der Waals surface area contributed by atoms with Crippen LogP contribution in [-0.2, 0) is 12.7 Å². The Kier molecular flexibility index (Phi) is 8.34. The largest absolute Gasteiger partial charge is 0.435 e. The van der Waals surface area contributed by atoms with E-state index in [1.165, 1.54) is 10.7 Å². The van der Waals surface area contributed by atoms with E-state index in [1.807, 2.05) is 0 Å². The van der Waals surface area contributed by atoms with Gasteiger partial charge in [0.1, 0.15) is 0 Å². The van der Waals surface area contributed by atoms with E-state index in [-0.39, 0.29) is 5.92 Å². The summed E-state index contributed by atoms with van der Waals surface area (Å²) in [4.78, 5) is 2.36. The molecule has 0 saturated heterocycles. The van der Waals surface area contributed by atoms with Gasteiger partial charge in [-0.15, -0.1) is 0 Å². The number of rotatable bonds is 11. The SMILES string of the molecule is CCN(CC)CCCNC(=S)NCCCn1nc(C(F)(F)F)cc1C1CC1. The zero-order chi connectivity index (χ0) is 19.9. The number of hydrogen-bond donors (Lipinski definition) is 2. The van der Waals surface area contributed by atoms with E-state index >= 15 is 0 Å². The van der Waals surface area contributed by atoms with Crippen molar-refractivity contribution in [2.45, 2.75) is 58.2 Å². The van der Waals surface area contributed by atoms with Crippen molar-refractivity contribution < 1.29 is 13.2 Å². The fourth-order valence-corrected chi connectivity index (χ4v) is 3.20. The lowest BCUT2D eigenvalue weighted by Gasteiger charge is -2.18. The number of hydrogen-bond acceptors (Lipinski definition) is 3. The van der Waals surface area contributed by atoms with Crippen molar-refractivity contribution in [2.24, 2.45) is 0 Å². The van der Waals surface area contributed by atoms with Gasteiger partial charge in [-0.25, -0.2) is 0 Å². The van der Waals surface area contributed by atoms with Crippen molar-refractivity contribution in [3.63, 3.8) is 0 Å². The van der Waals surface area contributed by atoms with Crippen LogP contribution in [0.2, 0.25) is 0 Å². The van der Waals surface area contributed by atoms with Gasteiger partial charge in [0, 0.05) is 31.2 Å². The van der Waals surface area contributed by atoms with Gasteiger partial charge >= 0.3 is 6.18 Å². The second kappa shape index (κ2) is 10.3. The lowest BCUT2D eigenvalue weighted by Crippen LogP contribution is -2.37. The Morgan fingerprint density at radius 3 is 2.41 bits per heavy atom. The molecule has 0 radical (unpaired) electrons. The number of nitrogens with one attached hydrogen (secondary N) is 2. The Morgan fingerprint density at radius 1 is 1.22 bits per heavy atom. The lowest BCUT2D eigenvalue weighted by molar-refractivity contribution is -0.141. The second-order valence-electron chi connectivity index (χ2n) is 6.87. The van der Waals surface area contributed by atoms with Crippen LogP contribution in [-0.4, -0.2) is 52.5 Å². The maximum absolute atomic E-state index is 12.9. The van der Waals surface area contributed by atoms with Crippen molar-refractivity contribution >= 4 is 17.3 Å². The van der Waals surface area contributed by atoms with Crippen LogP contribution in [0.3, 0.4) is 0 Å². The molecule has 154 valence electrons. The van der Waals surface area contributed by atoms with Crippen molar-refractivity contribution in [1.82, 2.24) is 25.3 Å². The Balaban J connectivity index is 1.66. The van der Waals surface area contributed by atoms with Gasteiger partial charge in [0.15, 0.2) is 10.8 Å². The number of nitrogens with zero attached hydrogens (tertiary/aromatic N) is 3. The smallest absolute Gasteiger partial charge is 0.363 e. The predicted molar refractivity (Wildman–Crippen MR) is 105 cm³/mol. The summed E-state index contributed by atoms with van der Waals surface area (Å²) < 4.78 is 40.2. The van der Waals surface area contributed by atoms with E-state index in [4.69, 9.17) is 12.2 Å². The van der Waals surface area contributed by atoms with Crippen LogP contribution in [0.1, 0.15) is 56.8 Å². The molecule has 0 spiro atoms. The summed E-state index contributed by atoms with van der Waals surface area (Å²) in [6.45, 7) is 9.30. The van der Waals surface area contributed by atoms with Crippen molar-refractivity contribution in [3.8, 4) is 0 Å². The van der Waals surface area contributed by atoms with Crippen LogP contribution in [0.25, 0.3) is 0 Å². The van der Waals surface area contributed by atoms with Gasteiger partial charge < -0.3 is 15.5 Å². The molecular formula is C18H30F3N5S. The standard InChI is InChI=1S/C18H30F3N5S/c1-3-25(4-2)11-5-9-22-17(27)23-10-6-12-26-15(14-7-8-14)13-16(24-26)18(19,20)21/h13-14H,3-12H2,1-2H3,(H2,22,23,27). The highest BCUT2D eigenvalue weighted by Gasteiger charge is 2.37. The number of alkyl halides is 3. The predicted octanol–water partition coefficient (Wildman–Crippen LogP) is 3.37. The first-order valence-electron chi connectivity index (χ1n) is 9.74. The Hall–Kier alpha value is -1.35. The third kappa shape index (κ3) is 7.29. The van der Waals surface area contributed by atoms with E-state index in [0.29, 0.717) is 30.3 Å². The minimum absolute atomic E-state index is 0.232. The van der Waals surface area contributed by atoms with Crippen molar-refractivity contribution in [1.29, 1.82) is 0 Å². The van der Waals surface area contributed by atoms with E-state index in [9.17, 15) is 13.2 Å². The summed E-state index contributed by atoms with van der Waals surface area (Å²) in [7, 11) is 0. The van der Waals surface area contributed by atoms with E-state index in [0.717, 1.165) is 45.4 Å². The molecule has 1 aliphatic rings. The Bertz CT molecular complexity index is 594. The minimum Gasteiger partial charge on any atom is -0.363 e. The average Bonchev–Trinajstić information content (AvgIpc) is 3.37. The fraction of sp³-hybridized carbons (Fsp3) is 0.778. The average molecular weight is 406 g/mol. The van der Waals surface area contributed by atoms with Crippen LogP contribution >= 0.6 is 12.2 Å². The molecule has 1 heterocycles. The number of thiocarbonyl (C=S) groups is 1. The number of halogens is 3. The van der Waals surface area contributed by atoms with Crippen LogP contribution in [0.15, 0.2) is 6.07 Å². The zero-order valence-electron chi connectivity index (χ0n) is 16.1. The molecule has 1 saturated carbocycles. The molecule has 1 aromatic heterocycles. The summed E-state index contributed by atoms with van der Waals surface area (Å²) in [6, 6.07) is 1.20. The number of aromatic nitrogens is 2. The van der Waals surface area contributed by atoms with Gasteiger partial charge in [0.05, 0.1) is 0 Å². The van der Waals surface area contributed by atoms with E-state index in [2.05, 4.69) is 34.5 Å². The van der Waals surface area contributed by atoms with E-state index < -0.39 is 11.9 Å². The quantitative estimate of drug-likeness (QED) is 0.437. The van der Waals surface area contributed by atoms with Crippen LogP contribution < -0.4 is 10.6 Å². The van der Waals surface area contributed by atoms with Gasteiger partial charge in [0.25, 0.3) is 0 Å². The molecule has 1 aliphatic carbocycles. The van der Waals surface area contributed by atoms with Crippen molar-refractivity contribution in [2.75, 3.05) is 32.7 Å². The van der Waals surface area contributed by atoms with Gasteiger partial charge in [0.2, 0.25) is 0 Å². The molecular weight excluding hydrogens is 375 g/mol. The highest BCUT2D eigenvalue weighted by atomic mass is 32.1.